The van der Waals surface area contributed by atoms with Crippen molar-refractivity contribution < 1.29 is 14.0 Å². The molecule has 5 nitrogen and oxygen atoms in total. The predicted octanol–water partition coefficient (Wildman–Crippen LogP) is 2.42. The Balaban J connectivity index is 1.89. The Morgan fingerprint density at radius 3 is 2.74 bits per heavy atom. The van der Waals surface area contributed by atoms with Crippen molar-refractivity contribution in [3.63, 3.8) is 0 Å². The van der Waals surface area contributed by atoms with Gasteiger partial charge in [-0.15, -0.1) is 0 Å². The summed E-state index contributed by atoms with van der Waals surface area (Å²) in [6.45, 7) is 5.53. The second-order valence-corrected chi connectivity index (χ2v) is 6.06. The number of halogens is 1. The summed E-state index contributed by atoms with van der Waals surface area (Å²) in [4.78, 5) is 24.0. The molecule has 126 valence electrons. The summed E-state index contributed by atoms with van der Waals surface area (Å²) >= 11 is 0. The van der Waals surface area contributed by atoms with Crippen LogP contribution in [0.4, 0.5) is 9.18 Å². The van der Waals surface area contributed by atoms with Crippen LogP contribution in [-0.4, -0.2) is 24.0 Å². The lowest BCUT2D eigenvalue weighted by molar-refractivity contribution is -0.123. The van der Waals surface area contributed by atoms with Crippen LogP contribution in [0.3, 0.4) is 0 Å². The molecular formula is C17H24FN3O2. The second-order valence-electron chi connectivity index (χ2n) is 6.06. The van der Waals surface area contributed by atoms with Gasteiger partial charge in [0.1, 0.15) is 11.9 Å². The summed E-state index contributed by atoms with van der Waals surface area (Å²) in [7, 11) is 0. The molecule has 1 aromatic carbocycles. The number of hydrogen-bond acceptors (Lipinski definition) is 2. The average Bonchev–Trinajstić information content (AvgIpc) is 2.91. The molecule has 3 N–H and O–H groups in total. The zero-order valence-corrected chi connectivity index (χ0v) is 13.8. The first-order chi connectivity index (χ1) is 10.9. The van der Waals surface area contributed by atoms with Gasteiger partial charge in [0.15, 0.2) is 0 Å². The molecule has 1 aromatic rings. The number of urea groups is 1. The van der Waals surface area contributed by atoms with Gasteiger partial charge in [-0.2, -0.15) is 0 Å². The quantitative estimate of drug-likeness (QED) is 0.779. The highest BCUT2D eigenvalue weighted by molar-refractivity contribution is 5.86. The van der Waals surface area contributed by atoms with Gasteiger partial charge in [-0.3, -0.25) is 4.79 Å². The monoisotopic (exact) mass is 321 g/mol. The highest BCUT2D eigenvalue weighted by Crippen LogP contribution is 2.32. The summed E-state index contributed by atoms with van der Waals surface area (Å²) < 4.78 is 13.7. The van der Waals surface area contributed by atoms with Crippen molar-refractivity contribution >= 4 is 11.9 Å². The fraction of sp³-hybridized carbons (Fsp3) is 0.529. The fourth-order valence-corrected chi connectivity index (χ4v) is 2.69. The number of hydrogen-bond donors (Lipinski definition) is 3. The predicted molar refractivity (Wildman–Crippen MR) is 86.5 cm³/mol. The van der Waals surface area contributed by atoms with E-state index >= 15 is 0 Å². The molecule has 1 aliphatic carbocycles. The minimum Gasteiger partial charge on any atom is -0.352 e. The normalized spacial score (nSPS) is 18.7. The van der Waals surface area contributed by atoms with Crippen LogP contribution in [-0.2, 0) is 11.2 Å². The van der Waals surface area contributed by atoms with Crippen molar-refractivity contribution in [2.24, 2.45) is 0 Å². The largest absolute Gasteiger partial charge is 0.352 e. The van der Waals surface area contributed by atoms with E-state index in [1.807, 2.05) is 19.9 Å². The highest BCUT2D eigenvalue weighted by Gasteiger charge is 2.27. The van der Waals surface area contributed by atoms with Crippen LogP contribution < -0.4 is 16.0 Å². The zero-order valence-electron chi connectivity index (χ0n) is 13.8. The Kier molecular flexibility index (Phi) is 5.58. The van der Waals surface area contributed by atoms with Gasteiger partial charge >= 0.3 is 6.03 Å². The van der Waals surface area contributed by atoms with E-state index in [0.29, 0.717) is 18.4 Å². The molecular weight excluding hydrogens is 297 g/mol. The minimum absolute atomic E-state index is 0.0690. The van der Waals surface area contributed by atoms with Crippen LogP contribution in [0, 0.1) is 5.82 Å². The maximum atomic E-state index is 13.7. The van der Waals surface area contributed by atoms with E-state index in [0.717, 1.165) is 12.0 Å². The summed E-state index contributed by atoms with van der Waals surface area (Å²) in [5, 5.41) is 8.26. The van der Waals surface area contributed by atoms with Crippen molar-refractivity contribution in [2.45, 2.75) is 58.2 Å². The lowest BCUT2D eigenvalue weighted by Crippen LogP contribution is -2.50. The summed E-state index contributed by atoms with van der Waals surface area (Å²) in [5.74, 6) is -0.444. The van der Waals surface area contributed by atoms with E-state index in [-0.39, 0.29) is 23.8 Å². The molecule has 6 heteroatoms. The molecule has 23 heavy (non-hydrogen) atoms. The van der Waals surface area contributed by atoms with Gasteiger partial charge in [-0.1, -0.05) is 19.1 Å². The number of nitrogens with one attached hydrogen (secondary N) is 3. The number of rotatable bonds is 5. The Bertz CT molecular complexity index is 591. The molecule has 0 bridgehead atoms. The molecule has 3 amide bonds. The molecule has 3 atom stereocenters. The maximum Gasteiger partial charge on any atom is 0.315 e. The van der Waals surface area contributed by atoms with Crippen LogP contribution in [0.2, 0.25) is 0 Å². The Hall–Kier alpha value is -2.11. The van der Waals surface area contributed by atoms with Gasteiger partial charge < -0.3 is 16.0 Å². The molecule has 0 fully saturated rings. The Morgan fingerprint density at radius 1 is 1.30 bits per heavy atom. The van der Waals surface area contributed by atoms with Gasteiger partial charge in [-0.05, 0) is 50.3 Å². The molecule has 2 rings (SSSR count). The van der Waals surface area contributed by atoms with E-state index in [4.69, 9.17) is 0 Å². The smallest absolute Gasteiger partial charge is 0.315 e. The summed E-state index contributed by atoms with van der Waals surface area (Å²) in [5.41, 5.74) is 1.48. The van der Waals surface area contributed by atoms with Crippen LogP contribution >= 0.6 is 0 Å². The maximum absolute atomic E-state index is 13.7. The van der Waals surface area contributed by atoms with Crippen LogP contribution in [0.5, 0.6) is 0 Å². The third-order valence-electron chi connectivity index (χ3n) is 4.26. The second kappa shape index (κ2) is 7.44. The molecule has 0 saturated carbocycles. The molecule has 0 heterocycles. The molecule has 0 spiro atoms. The first kappa shape index (κ1) is 17.2. The average molecular weight is 321 g/mol. The van der Waals surface area contributed by atoms with E-state index < -0.39 is 12.1 Å². The van der Waals surface area contributed by atoms with Crippen LogP contribution in [0.25, 0.3) is 0 Å². The number of carbonyl (C=O) groups is 2. The highest BCUT2D eigenvalue weighted by atomic mass is 19.1. The van der Waals surface area contributed by atoms with Gasteiger partial charge in [0.2, 0.25) is 5.91 Å². The standard InChI is InChI=1S/C17H24FN3O2/c1-4-10(2)19-16(22)11(3)20-17(23)21-15-9-8-12-13(15)6-5-7-14(12)18/h5-7,10-11,15H,4,8-9H2,1-3H3,(H,19,22)(H2,20,21,23)/t10-,11+,15-/m0/s1. The SMILES string of the molecule is CC[C@H](C)NC(=O)[C@@H](C)NC(=O)N[C@H]1CCc2c(F)cccc21. The third kappa shape index (κ3) is 4.21. The van der Waals surface area contributed by atoms with Crippen molar-refractivity contribution in [2.75, 3.05) is 0 Å². The van der Waals surface area contributed by atoms with Crippen molar-refractivity contribution in [3.05, 3.63) is 35.1 Å². The molecule has 0 radical (unpaired) electrons. The molecule has 0 unspecified atom stereocenters. The first-order valence-corrected chi connectivity index (χ1v) is 8.07. The van der Waals surface area contributed by atoms with E-state index in [9.17, 15) is 14.0 Å². The molecule has 0 aliphatic heterocycles. The molecule has 0 saturated heterocycles. The third-order valence-corrected chi connectivity index (χ3v) is 4.26. The van der Waals surface area contributed by atoms with Crippen LogP contribution in [0.1, 0.15) is 50.8 Å². The van der Waals surface area contributed by atoms with Crippen molar-refractivity contribution in [1.29, 1.82) is 0 Å². The number of carbonyl (C=O) groups excluding carboxylic acids is 2. The van der Waals surface area contributed by atoms with Crippen LogP contribution in [0.15, 0.2) is 18.2 Å². The number of benzene rings is 1. The fourth-order valence-electron chi connectivity index (χ4n) is 2.69. The molecule has 1 aliphatic rings. The van der Waals surface area contributed by atoms with E-state index in [2.05, 4.69) is 16.0 Å². The minimum atomic E-state index is -0.627. The zero-order chi connectivity index (χ0) is 17.0. The topological polar surface area (TPSA) is 70.2 Å². The van der Waals surface area contributed by atoms with Crippen molar-refractivity contribution in [1.82, 2.24) is 16.0 Å². The summed E-state index contributed by atoms with van der Waals surface area (Å²) in [6, 6.07) is 3.72. The van der Waals surface area contributed by atoms with Crippen molar-refractivity contribution in [3.8, 4) is 0 Å². The number of fused-ring (bicyclic) bond motifs is 1. The van der Waals surface area contributed by atoms with Gasteiger partial charge in [0.05, 0.1) is 6.04 Å². The first-order valence-electron chi connectivity index (χ1n) is 8.07. The van der Waals surface area contributed by atoms with Gasteiger partial charge in [0, 0.05) is 6.04 Å². The Labute approximate surface area is 136 Å². The van der Waals surface area contributed by atoms with Gasteiger partial charge in [-0.25, -0.2) is 9.18 Å². The summed E-state index contributed by atoms with van der Waals surface area (Å²) in [6.07, 6.45) is 2.10. The lowest BCUT2D eigenvalue weighted by Gasteiger charge is -2.20. The Morgan fingerprint density at radius 2 is 2.04 bits per heavy atom. The van der Waals surface area contributed by atoms with Gasteiger partial charge in [0.25, 0.3) is 0 Å². The lowest BCUT2D eigenvalue weighted by atomic mass is 10.1. The number of amides is 3. The molecule has 0 aromatic heterocycles. The van der Waals surface area contributed by atoms with E-state index in [1.54, 1.807) is 13.0 Å². The van der Waals surface area contributed by atoms with E-state index in [1.165, 1.54) is 6.07 Å².